The fraction of sp³-hybridized carbons (Fsp3) is 0.300. The van der Waals surface area contributed by atoms with Crippen molar-refractivity contribution in [2.75, 3.05) is 16.8 Å². The van der Waals surface area contributed by atoms with E-state index in [1.165, 1.54) is 5.56 Å². The van der Waals surface area contributed by atoms with E-state index in [9.17, 15) is 4.79 Å². The topological polar surface area (TPSA) is 70.7 Å². The zero-order valence-corrected chi connectivity index (χ0v) is 14.7. The van der Waals surface area contributed by atoms with Crippen LogP contribution < -0.4 is 16.0 Å². The second-order valence-corrected chi connectivity index (χ2v) is 6.57. The molecule has 1 aliphatic rings. The standard InChI is InChI=1S/C20H24N4O/c1-14(2)16-6-4-7-17(12-16)23-20(21)22-13-15-5-3-8-18(11-15)24-10-9-19(24)25/h3-8,11-12,14H,9-10,13H2,1-2H3,(H3,21,22,23). The second-order valence-electron chi connectivity index (χ2n) is 6.57. The van der Waals surface area contributed by atoms with E-state index < -0.39 is 0 Å². The van der Waals surface area contributed by atoms with E-state index in [-0.39, 0.29) is 5.91 Å². The molecule has 3 N–H and O–H groups in total. The van der Waals surface area contributed by atoms with E-state index in [4.69, 9.17) is 5.73 Å². The summed E-state index contributed by atoms with van der Waals surface area (Å²) in [4.78, 5) is 17.7. The molecule has 0 atom stereocenters. The summed E-state index contributed by atoms with van der Waals surface area (Å²) in [6.07, 6.45) is 0.634. The minimum absolute atomic E-state index is 0.173. The average molecular weight is 336 g/mol. The molecule has 0 unspecified atom stereocenters. The number of benzene rings is 2. The van der Waals surface area contributed by atoms with Gasteiger partial charge in [-0.15, -0.1) is 0 Å². The molecule has 2 aromatic rings. The van der Waals surface area contributed by atoms with Gasteiger partial charge in [0.15, 0.2) is 5.96 Å². The van der Waals surface area contributed by atoms with Crippen molar-refractivity contribution in [2.45, 2.75) is 32.7 Å². The summed E-state index contributed by atoms with van der Waals surface area (Å²) in [5.74, 6) is 1.02. The smallest absolute Gasteiger partial charge is 0.228 e. The van der Waals surface area contributed by atoms with Crippen LogP contribution in [-0.4, -0.2) is 18.4 Å². The van der Waals surface area contributed by atoms with Crippen LogP contribution in [0.15, 0.2) is 53.5 Å². The molecule has 1 saturated heterocycles. The number of rotatable bonds is 5. The fourth-order valence-corrected chi connectivity index (χ4v) is 2.75. The Morgan fingerprint density at radius 1 is 1.24 bits per heavy atom. The average Bonchev–Trinajstić information content (AvgIpc) is 2.59. The summed E-state index contributed by atoms with van der Waals surface area (Å²) in [7, 11) is 0. The van der Waals surface area contributed by atoms with Gasteiger partial charge in [-0.2, -0.15) is 0 Å². The van der Waals surface area contributed by atoms with Crippen LogP contribution >= 0.6 is 0 Å². The van der Waals surface area contributed by atoms with Gasteiger partial charge in [0.2, 0.25) is 5.91 Å². The molecule has 0 spiro atoms. The van der Waals surface area contributed by atoms with Crippen molar-refractivity contribution in [3.8, 4) is 0 Å². The lowest BCUT2D eigenvalue weighted by Gasteiger charge is -2.30. The highest BCUT2D eigenvalue weighted by Gasteiger charge is 2.24. The van der Waals surface area contributed by atoms with Crippen LogP contribution in [0.5, 0.6) is 0 Å². The molecule has 2 aromatic carbocycles. The summed E-state index contributed by atoms with van der Waals surface area (Å²) >= 11 is 0. The number of guanidine groups is 1. The Morgan fingerprint density at radius 2 is 2.04 bits per heavy atom. The number of carbonyl (C=O) groups excluding carboxylic acids is 1. The van der Waals surface area contributed by atoms with Crippen LogP contribution in [0.2, 0.25) is 0 Å². The van der Waals surface area contributed by atoms with Crippen molar-refractivity contribution < 1.29 is 4.79 Å². The monoisotopic (exact) mass is 336 g/mol. The van der Waals surface area contributed by atoms with Crippen molar-refractivity contribution in [2.24, 2.45) is 10.7 Å². The van der Waals surface area contributed by atoms with Gasteiger partial charge >= 0.3 is 0 Å². The summed E-state index contributed by atoms with van der Waals surface area (Å²) in [5, 5.41) is 3.14. The van der Waals surface area contributed by atoms with E-state index in [0.717, 1.165) is 23.5 Å². The molecule has 3 rings (SSSR count). The van der Waals surface area contributed by atoms with Crippen molar-refractivity contribution >= 4 is 23.2 Å². The molecule has 25 heavy (non-hydrogen) atoms. The first kappa shape index (κ1) is 17.0. The predicted molar refractivity (Wildman–Crippen MR) is 103 cm³/mol. The number of β-lactam (4-membered cyclic amide) rings is 1. The van der Waals surface area contributed by atoms with Gasteiger partial charge in [-0.05, 0) is 41.3 Å². The van der Waals surface area contributed by atoms with Crippen molar-refractivity contribution in [1.29, 1.82) is 0 Å². The second kappa shape index (κ2) is 7.38. The summed E-state index contributed by atoms with van der Waals surface area (Å²) in [6, 6.07) is 16.1. The van der Waals surface area contributed by atoms with Gasteiger partial charge in [0, 0.05) is 24.3 Å². The Labute approximate surface area is 148 Å². The molecule has 0 saturated carbocycles. The molecule has 0 bridgehead atoms. The Balaban J connectivity index is 1.64. The molecular weight excluding hydrogens is 312 g/mol. The predicted octanol–water partition coefficient (Wildman–Crippen LogP) is 3.47. The first-order valence-electron chi connectivity index (χ1n) is 8.59. The van der Waals surface area contributed by atoms with E-state index in [1.807, 2.05) is 36.4 Å². The third-order valence-electron chi connectivity index (χ3n) is 4.33. The number of nitrogens with two attached hydrogens (primary N) is 1. The number of anilines is 2. The van der Waals surface area contributed by atoms with Gasteiger partial charge in [0.1, 0.15) is 0 Å². The molecule has 0 aliphatic carbocycles. The van der Waals surface area contributed by atoms with Crippen LogP contribution in [0.25, 0.3) is 0 Å². The first-order valence-corrected chi connectivity index (χ1v) is 8.59. The fourth-order valence-electron chi connectivity index (χ4n) is 2.75. The quantitative estimate of drug-likeness (QED) is 0.499. The molecule has 1 aliphatic heterocycles. The van der Waals surface area contributed by atoms with Crippen LogP contribution in [0.1, 0.15) is 37.3 Å². The van der Waals surface area contributed by atoms with Gasteiger partial charge < -0.3 is 16.0 Å². The first-order chi connectivity index (χ1) is 12.0. The Morgan fingerprint density at radius 3 is 2.72 bits per heavy atom. The number of hydrogen-bond acceptors (Lipinski definition) is 2. The zero-order chi connectivity index (χ0) is 17.8. The maximum atomic E-state index is 11.6. The third-order valence-corrected chi connectivity index (χ3v) is 4.33. The maximum absolute atomic E-state index is 11.6. The minimum Gasteiger partial charge on any atom is -0.370 e. The number of aliphatic imine (C=N–C) groups is 1. The molecular formula is C20H24N4O. The Hall–Kier alpha value is -2.82. The molecule has 0 radical (unpaired) electrons. The lowest BCUT2D eigenvalue weighted by Crippen LogP contribution is -2.43. The molecule has 5 nitrogen and oxygen atoms in total. The van der Waals surface area contributed by atoms with E-state index in [2.05, 4.69) is 36.3 Å². The van der Waals surface area contributed by atoms with Crippen molar-refractivity contribution in [1.82, 2.24) is 0 Å². The summed E-state index contributed by atoms with van der Waals surface area (Å²) < 4.78 is 0. The molecule has 130 valence electrons. The van der Waals surface area contributed by atoms with Gasteiger partial charge in [-0.25, -0.2) is 4.99 Å². The Bertz CT molecular complexity index is 798. The molecule has 0 aromatic heterocycles. The number of nitrogens with zero attached hydrogens (tertiary/aromatic N) is 2. The van der Waals surface area contributed by atoms with Crippen LogP contribution in [0.3, 0.4) is 0 Å². The van der Waals surface area contributed by atoms with Gasteiger partial charge in [-0.3, -0.25) is 4.79 Å². The van der Waals surface area contributed by atoms with E-state index >= 15 is 0 Å². The maximum Gasteiger partial charge on any atom is 0.228 e. The lowest BCUT2D eigenvalue weighted by molar-refractivity contribution is -0.122. The van der Waals surface area contributed by atoms with Crippen molar-refractivity contribution in [3.63, 3.8) is 0 Å². The van der Waals surface area contributed by atoms with Crippen LogP contribution in [0.4, 0.5) is 11.4 Å². The highest BCUT2D eigenvalue weighted by molar-refractivity contribution is 5.99. The third kappa shape index (κ3) is 4.18. The van der Waals surface area contributed by atoms with Gasteiger partial charge in [-0.1, -0.05) is 38.1 Å². The number of hydrogen-bond donors (Lipinski definition) is 2. The van der Waals surface area contributed by atoms with E-state index in [0.29, 0.717) is 24.8 Å². The molecule has 5 heteroatoms. The molecule has 1 amide bonds. The normalized spacial score (nSPS) is 14.6. The number of nitrogens with one attached hydrogen (secondary N) is 1. The van der Waals surface area contributed by atoms with Crippen LogP contribution in [-0.2, 0) is 11.3 Å². The highest BCUT2D eigenvalue weighted by atomic mass is 16.2. The summed E-state index contributed by atoms with van der Waals surface area (Å²) in [5.41, 5.74) is 10.2. The molecule has 1 heterocycles. The van der Waals surface area contributed by atoms with Crippen molar-refractivity contribution in [3.05, 3.63) is 59.7 Å². The summed E-state index contributed by atoms with van der Waals surface area (Å²) in [6.45, 7) is 5.58. The largest absolute Gasteiger partial charge is 0.370 e. The SMILES string of the molecule is CC(C)c1cccc(NC(N)=NCc2cccc(N3CCC3=O)c2)c1. The molecule has 1 fully saturated rings. The highest BCUT2D eigenvalue weighted by Crippen LogP contribution is 2.23. The van der Waals surface area contributed by atoms with Gasteiger partial charge in [0.25, 0.3) is 0 Å². The Kier molecular flexibility index (Phi) is 5.03. The number of amides is 1. The van der Waals surface area contributed by atoms with E-state index in [1.54, 1.807) is 4.90 Å². The van der Waals surface area contributed by atoms with Crippen LogP contribution in [0, 0.1) is 0 Å². The van der Waals surface area contributed by atoms with Gasteiger partial charge in [0.05, 0.1) is 6.54 Å². The lowest BCUT2D eigenvalue weighted by atomic mass is 10.0. The number of carbonyl (C=O) groups is 1. The minimum atomic E-state index is 0.173. The zero-order valence-electron chi connectivity index (χ0n) is 14.7.